The first kappa shape index (κ1) is 27.4. The number of halogens is 2. The molecule has 1 aliphatic heterocycles. The lowest BCUT2D eigenvalue weighted by molar-refractivity contribution is -0.138. The predicted octanol–water partition coefficient (Wildman–Crippen LogP) is 5.02. The summed E-state index contributed by atoms with van der Waals surface area (Å²) >= 11 is 6.65. The van der Waals surface area contributed by atoms with Crippen molar-refractivity contribution in [2.24, 2.45) is 4.99 Å². The molecule has 39 heavy (non-hydrogen) atoms. The molecule has 0 aliphatic carbocycles. The number of benzene rings is 3. The average molecular weight is 717 g/mol. The lowest BCUT2D eigenvalue weighted by Gasteiger charge is -2.26. The molecular weight excluding hydrogens is 695 g/mol. The van der Waals surface area contributed by atoms with Gasteiger partial charge in [0, 0.05) is 5.56 Å². The van der Waals surface area contributed by atoms with Crippen LogP contribution in [-0.2, 0) is 9.53 Å². The average Bonchev–Trinajstić information content (AvgIpc) is 3.25. The summed E-state index contributed by atoms with van der Waals surface area (Å²) in [6.07, 6.45) is 1.76. The number of carbonyl (C=O) groups is 1. The molecule has 5 rings (SSSR count). The summed E-state index contributed by atoms with van der Waals surface area (Å²) in [5.41, 5.74) is 2.67. The number of fused-ring (bicyclic) bond motifs is 1. The second kappa shape index (κ2) is 11.5. The quantitative estimate of drug-likeness (QED) is 0.224. The Kier molecular flexibility index (Phi) is 8.06. The Morgan fingerprint density at radius 2 is 1.90 bits per heavy atom. The molecule has 3 aromatic carbocycles. The van der Waals surface area contributed by atoms with E-state index in [0.717, 1.165) is 16.7 Å². The fourth-order valence-corrected chi connectivity index (χ4v) is 6.86. The normalized spacial score (nSPS) is 15.1. The molecule has 198 valence electrons. The number of aromatic hydroxyl groups is 1. The minimum Gasteiger partial charge on any atom is -0.506 e. The van der Waals surface area contributed by atoms with Crippen molar-refractivity contribution >= 4 is 67.6 Å². The van der Waals surface area contributed by atoms with Crippen LogP contribution in [0.1, 0.15) is 29.7 Å². The van der Waals surface area contributed by atoms with Gasteiger partial charge in [-0.05, 0) is 86.9 Å². The number of hydrogen-bond donors (Lipinski definition) is 1. The molecule has 2 heterocycles. The van der Waals surface area contributed by atoms with Gasteiger partial charge in [0.05, 0.1) is 43.6 Å². The molecule has 7 nitrogen and oxygen atoms in total. The van der Waals surface area contributed by atoms with Crippen molar-refractivity contribution in [3.8, 4) is 11.5 Å². The molecule has 4 aromatic rings. The van der Waals surface area contributed by atoms with Crippen LogP contribution in [0.15, 0.2) is 86.6 Å². The summed E-state index contributed by atoms with van der Waals surface area (Å²) in [6, 6.07) is 19.5. The van der Waals surface area contributed by atoms with Crippen molar-refractivity contribution in [1.82, 2.24) is 4.57 Å². The SMILES string of the molecule is CCOC(=O)C1=C(c2ccccc2)N=c2s/c(=C\c3cc(Br)c(O)c(I)c3)c(=O)n2[C@H]1c1ccc(OC)cc1. The van der Waals surface area contributed by atoms with Gasteiger partial charge in [0.15, 0.2) is 4.80 Å². The first-order chi connectivity index (χ1) is 18.8. The molecule has 10 heteroatoms. The molecule has 0 spiro atoms. The number of aromatic nitrogens is 1. The van der Waals surface area contributed by atoms with Crippen LogP contribution in [0.2, 0.25) is 0 Å². The maximum absolute atomic E-state index is 14.0. The van der Waals surface area contributed by atoms with Gasteiger partial charge in [-0.25, -0.2) is 9.79 Å². The zero-order chi connectivity index (χ0) is 27.7. The third kappa shape index (κ3) is 5.32. The Labute approximate surface area is 250 Å². The molecule has 1 aromatic heterocycles. The van der Waals surface area contributed by atoms with E-state index in [1.54, 1.807) is 48.9 Å². The number of carbonyl (C=O) groups excluding carboxylic acids is 1. The van der Waals surface area contributed by atoms with Gasteiger partial charge in [-0.15, -0.1) is 0 Å². The third-order valence-corrected chi connectivity index (χ3v) is 8.55. The minimum absolute atomic E-state index is 0.139. The molecule has 0 bridgehead atoms. The van der Waals surface area contributed by atoms with Crippen LogP contribution in [-0.4, -0.2) is 29.4 Å². The van der Waals surface area contributed by atoms with E-state index in [-0.39, 0.29) is 23.5 Å². The standard InChI is InChI=1S/C29H22BrIN2O5S/c1-3-38-28(36)23-24(17-7-5-4-6-8-17)32-29-33(25(23)18-9-11-19(37-2)12-10-18)27(35)22(39-29)15-16-13-20(30)26(34)21(31)14-16/h4-15,25,34H,3H2,1-2H3/b22-15-/t25-/m0/s1. The smallest absolute Gasteiger partial charge is 0.338 e. The van der Waals surface area contributed by atoms with Crippen LogP contribution in [0.25, 0.3) is 11.8 Å². The number of ether oxygens (including phenoxy) is 2. The Hall–Kier alpha value is -3.22. The molecule has 0 saturated carbocycles. The zero-order valence-corrected chi connectivity index (χ0v) is 25.4. The Morgan fingerprint density at radius 3 is 2.54 bits per heavy atom. The molecule has 0 fully saturated rings. The van der Waals surface area contributed by atoms with Gasteiger partial charge in [0.25, 0.3) is 5.56 Å². The van der Waals surface area contributed by atoms with E-state index in [1.165, 1.54) is 11.3 Å². The van der Waals surface area contributed by atoms with Crippen LogP contribution >= 0.6 is 49.9 Å². The van der Waals surface area contributed by atoms with Gasteiger partial charge >= 0.3 is 5.97 Å². The number of phenolic OH excluding ortho intramolecular Hbond substituents is 1. The third-order valence-electron chi connectivity index (χ3n) is 6.14. The summed E-state index contributed by atoms with van der Waals surface area (Å²) in [6.45, 7) is 1.92. The summed E-state index contributed by atoms with van der Waals surface area (Å²) in [4.78, 5) is 32.8. The number of phenols is 1. The maximum Gasteiger partial charge on any atom is 0.338 e. The van der Waals surface area contributed by atoms with Crippen molar-refractivity contribution in [3.63, 3.8) is 0 Å². The highest BCUT2D eigenvalue weighted by molar-refractivity contribution is 14.1. The molecule has 0 saturated heterocycles. The molecule has 1 atom stereocenters. The van der Waals surface area contributed by atoms with Crippen LogP contribution in [0.5, 0.6) is 11.5 Å². The second-order valence-corrected chi connectivity index (χ2v) is 11.6. The number of nitrogens with zero attached hydrogens (tertiary/aromatic N) is 2. The van der Waals surface area contributed by atoms with Gasteiger partial charge < -0.3 is 14.6 Å². The number of esters is 1. The van der Waals surface area contributed by atoms with Crippen LogP contribution in [0, 0.1) is 3.57 Å². The number of methoxy groups -OCH3 is 1. The van der Waals surface area contributed by atoms with Gasteiger partial charge in [-0.2, -0.15) is 0 Å². The maximum atomic E-state index is 14.0. The highest BCUT2D eigenvalue weighted by Gasteiger charge is 2.35. The second-order valence-electron chi connectivity index (χ2n) is 8.54. The van der Waals surface area contributed by atoms with E-state index in [2.05, 4.69) is 15.9 Å². The molecule has 1 aliphatic rings. The van der Waals surface area contributed by atoms with Gasteiger partial charge in [0.1, 0.15) is 11.5 Å². The van der Waals surface area contributed by atoms with E-state index in [0.29, 0.717) is 28.8 Å². The first-order valence-electron chi connectivity index (χ1n) is 11.9. The number of hydrogen-bond acceptors (Lipinski definition) is 7. The number of rotatable bonds is 6. The van der Waals surface area contributed by atoms with Gasteiger partial charge in [-0.3, -0.25) is 9.36 Å². The van der Waals surface area contributed by atoms with Crippen LogP contribution in [0.4, 0.5) is 0 Å². The van der Waals surface area contributed by atoms with Crippen molar-refractivity contribution < 1.29 is 19.4 Å². The fourth-order valence-electron chi connectivity index (χ4n) is 4.36. The predicted molar refractivity (Wildman–Crippen MR) is 163 cm³/mol. The molecular formula is C29H22BrIN2O5S. The van der Waals surface area contributed by atoms with Crippen LogP contribution < -0.4 is 19.6 Å². The highest BCUT2D eigenvalue weighted by Crippen LogP contribution is 2.36. The Bertz CT molecular complexity index is 1760. The zero-order valence-electron chi connectivity index (χ0n) is 20.9. The number of thiazole rings is 1. The summed E-state index contributed by atoms with van der Waals surface area (Å²) in [5, 5.41) is 10.1. The minimum atomic E-state index is -0.768. The van der Waals surface area contributed by atoms with Crippen molar-refractivity contribution in [3.05, 3.63) is 117 Å². The van der Waals surface area contributed by atoms with Crippen molar-refractivity contribution in [2.45, 2.75) is 13.0 Å². The Morgan fingerprint density at radius 1 is 1.18 bits per heavy atom. The van der Waals surface area contributed by atoms with Gasteiger partial charge in [0.2, 0.25) is 0 Å². The fraction of sp³-hybridized carbons (Fsp3) is 0.138. The molecule has 0 amide bonds. The summed E-state index contributed by atoms with van der Waals surface area (Å²) < 4.78 is 14.0. The van der Waals surface area contributed by atoms with E-state index in [4.69, 9.17) is 14.5 Å². The topological polar surface area (TPSA) is 90.1 Å². The highest BCUT2D eigenvalue weighted by atomic mass is 127. The van der Waals surface area contributed by atoms with E-state index in [1.807, 2.05) is 65.1 Å². The molecule has 1 N–H and O–H groups in total. The van der Waals surface area contributed by atoms with E-state index < -0.39 is 12.0 Å². The Balaban J connectivity index is 1.82. The van der Waals surface area contributed by atoms with E-state index in [9.17, 15) is 14.7 Å². The largest absolute Gasteiger partial charge is 0.506 e. The lowest BCUT2D eigenvalue weighted by Crippen LogP contribution is -2.40. The summed E-state index contributed by atoms with van der Waals surface area (Å²) in [5.74, 6) is 0.260. The first-order valence-corrected chi connectivity index (χ1v) is 14.6. The van der Waals surface area contributed by atoms with Crippen LogP contribution in [0.3, 0.4) is 0 Å². The monoisotopic (exact) mass is 716 g/mol. The molecule has 0 unspecified atom stereocenters. The lowest BCUT2D eigenvalue weighted by atomic mass is 9.93. The molecule has 0 radical (unpaired) electrons. The van der Waals surface area contributed by atoms with Gasteiger partial charge in [-0.1, -0.05) is 53.8 Å². The van der Waals surface area contributed by atoms with E-state index >= 15 is 0 Å². The van der Waals surface area contributed by atoms with Crippen molar-refractivity contribution in [1.29, 1.82) is 0 Å². The summed E-state index contributed by atoms with van der Waals surface area (Å²) in [7, 11) is 1.58. The van der Waals surface area contributed by atoms with Crippen molar-refractivity contribution in [2.75, 3.05) is 13.7 Å².